The van der Waals surface area contributed by atoms with Gasteiger partial charge < -0.3 is 10.6 Å². The fourth-order valence-electron chi connectivity index (χ4n) is 2.06. The van der Waals surface area contributed by atoms with Gasteiger partial charge in [-0.2, -0.15) is 0 Å². The van der Waals surface area contributed by atoms with Gasteiger partial charge in [0.15, 0.2) is 5.11 Å². The molecule has 0 aliphatic carbocycles. The van der Waals surface area contributed by atoms with Crippen LogP contribution in [0.4, 0.5) is 10.1 Å². The largest absolute Gasteiger partial charge is 0.356 e. The van der Waals surface area contributed by atoms with E-state index < -0.39 is 0 Å². The van der Waals surface area contributed by atoms with E-state index in [4.69, 9.17) is 12.2 Å². The van der Waals surface area contributed by atoms with Crippen molar-refractivity contribution in [2.24, 2.45) is 0 Å². The lowest BCUT2D eigenvalue weighted by atomic mass is 10.1. The van der Waals surface area contributed by atoms with Gasteiger partial charge in [0.25, 0.3) is 0 Å². The minimum absolute atomic E-state index is 0.00992. The first kappa shape index (κ1) is 15.4. The Labute approximate surface area is 130 Å². The molecule has 0 aromatic heterocycles. The van der Waals surface area contributed by atoms with Gasteiger partial charge in [0.05, 0.1) is 6.04 Å². The second-order valence-electron chi connectivity index (χ2n) is 5.19. The highest BCUT2D eigenvalue weighted by Crippen LogP contribution is 2.17. The first-order valence-corrected chi connectivity index (χ1v) is 7.27. The molecule has 0 spiro atoms. The van der Waals surface area contributed by atoms with Crippen LogP contribution in [0.5, 0.6) is 0 Å². The third kappa shape index (κ3) is 4.26. The maximum Gasteiger partial charge on any atom is 0.171 e. The minimum atomic E-state index is -0.234. The van der Waals surface area contributed by atoms with Crippen LogP contribution in [0.3, 0.4) is 0 Å². The Morgan fingerprint density at radius 3 is 2.43 bits per heavy atom. The van der Waals surface area contributed by atoms with Crippen LogP contribution in [-0.4, -0.2) is 5.11 Å². The number of aryl methyl sites for hydroxylation is 2. The van der Waals surface area contributed by atoms with Crippen molar-refractivity contribution >= 4 is 23.0 Å². The number of benzene rings is 2. The van der Waals surface area contributed by atoms with Crippen LogP contribution in [0.25, 0.3) is 0 Å². The molecule has 2 rings (SSSR count). The predicted octanol–water partition coefficient (Wildman–Crippen LogP) is 4.49. The number of thiocarbonyl (C=S) groups is 1. The van der Waals surface area contributed by atoms with E-state index in [0.717, 1.165) is 16.8 Å². The smallest absolute Gasteiger partial charge is 0.171 e. The molecule has 2 nitrogen and oxygen atoms in total. The van der Waals surface area contributed by atoms with Gasteiger partial charge in [0.1, 0.15) is 5.82 Å². The van der Waals surface area contributed by atoms with Crippen molar-refractivity contribution in [3.8, 4) is 0 Å². The average Bonchev–Trinajstić information content (AvgIpc) is 2.43. The second-order valence-corrected chi connectivity index (χ2v) is 5.60. The summed E-state index contributed by atoms with van der Waals surface area (Å²) in [6.45, 7) is 6.07. The van der Waals surface area contributed by atoms with Gasteiger partial charge in [-0.15, -0.1) is 0 Å². The van der Waals surface area contributed by atoms with Gasteiger partial charge in [-0.3, -0.25) is 0 Å². The van der Waals surface area contributed by atoms with Gasteiger partial charge in [-0.05, 0) is 67.9 Å². The Bertz CT molecular complexity index is 638. The maximum atomic E-state index is 12.9. The van der Waals surface area contributed by atoms with Crippen LogP contribution < -0.4 is 10.6 Å². The summed E-state index contributed by atoms with van der Waals surface area (Å²) in [6, 6.07) is 12.6. The highest BCUT2D eigenvalue weighted by Gasteiger charge is 2.08. The molecule has 4 heteroatoms. The summed E-state index contributed by atoms with van der Waals surface area (Å²) in [5, 5.41) is 6.97. The number of halogens is 1. The van der Waals surface area contributed by atoms with E-state index in [2.05, 4.69) is 28.8 Å². The topological polar surface area (TPSA) is 24.1 Å². The normalized spacial score (nSPS) is 11.8. The van der Waals surface area contributed by atoms with Crippen molar-refractivity contribution in [2.75, 3.05) is 5.32 Å². The summed E-state index contributed by atoms with van der Waals surface area (Å²) in [7, 11) is 0. The van der Waals surface area contributed by atoms with E-state index in [0.29, 0.717) is 5.11 Å². The van der Waals surface area contributed by atoms with E-state index in [1.54, 1.807) is 12.1 Å². The van der Waals surface area contributed by atoms with E-state index in [-0.39, 0.29) is 11.9 Å². The van der Waals surface area contributed by atoms with E-state index in [1.165, 1.54) is 17.7 Å². The highest BCUT2D eigenvalue weighted by molar-refractivity contribution is 7.80. The summed E-state index contributed by atoms with van der Waals surface area (Å²) < 4.78 is 12.9. The molecule has 0 unspecified atom stereocenters. The molecular formula is C17H19FN2S. The Kier molecular flexibility index (Phi) is 4.91. The molecule has 2 N–H and O–H groups in total. The van der Waals surface area contributed by atoms with Crippen LogP contribution in [0, 0.1) is 19.7 Å². The number of hydrogen-bond acceptors (Lipinski definition) is 1. The monoisotopic (exact) mass is 302 g/mol. The number of hydrogen-bond donors (Lipinski definition) is 2. The molecule has 2 aromatic rings. The fraction of sp³-hybridized carbons (Fsp3) is 0.235. The van der Waals surface area contributed by atoms with Crippen molar-refractivity contribution < 1.29 is 4.39 Å². The standard InChI is InChI=1S/C17H19FN2S/c1-11-4-5-12(2)16(10-11)20-17(21)19-13(3)14-6-8-15(18)9-7-14/h4-10,13H,1-3H3,(H2,19,20,21)/t13-/m1/s1. The van der Waals surface area contributed by atoms with Gasteiger partial charge >= 0.3 is 0 Å². The molecule has 0 saturated carbocycles. The first-order valence-electron chi connectivity index (χ1n) is 6.86. The zero-order valence-corrected chi connectivity index (χ0v) is 13.2. The van der Waals surface area contributed by atoms with Crippen molar-refractivity contribution in [3.05, 3.63) is 65.0 Å². The zero-order valence-electron chi connectivity index (χ0n) is 12.4. The summed E-state index contributed by atoms with van der Waals surface area (Å²) in [4.78, 5) is 0. The van der Waals surface area contributed by atoms with Crippen molar-refractivity contribution in [3.63, 3.8) is 0 Å². The number of anilines is 1. The molecule has 0 amide bonds. The molecule has 0 heterocycles. The summed E-state index contributed by atoms with van der Waals surface area (Å²) in [6.07, 6.45) is 0. The average molecular weight is 302 g/mol. The molecule has 2 aromatic carbocycles. The minimum Gasteiger partial charge on any atom is -0.356 e. The van der Waals surface area contributed by atoms with Crippen LogP contribution in [0.1, 0.15) is 29.7 Å². The predicted molar refractivity (Wildman–Crippen MR) is 90.1 cm³/mol. The lowest BCUT2D eigenvalue weighted by molar-refractivity contribution is 0.624. The number of nitrogens with one attached hydrogen (secondary N) is 2. The fourth-order valence-corrected chi connectivity index (χ4v) is 2.35. The molecule has 0 bridgehead atoms. The Morgan fingerprint density at radius 2 is 1.76 bits per heavy atom. The van der Waals surface area contributed by atoms with Gasteiger partial charge in [-0.25, -0.2) is 4.39 Å². The Balaban J connectivity index is 2.01. The van der Waals surface area contributed by atoms with Crippen LogP contribution in [0.2, 0.25) is 0 Å². The molecule has 110 valence electrons. The van der Waals surface area contributed by atoms with E-state index in [9.17, 15) is 4.39 Å². The van der Waals surface area contributed by atoms with E-state index in [1.807, 2.05) is 20.8 Å². The lowest BCUT2D eigenvalue weighted by Crippen LogP contribution is -2.31. The SMILES string of the molecule is Cc1ccc(C)c(NC(=S)N[C@H](C)c2ccc(F)cc2)c1. The maximum absolute atomic E-state index is 12.9. The first-order chi connectivity index (χ1) is 9.95. The molecule has 21 heavy (non-hydrogen) atoms. The Hall–Kier alpha value is -1.94. The molecule has 0 fully saturated rings. The van der Waals surface area contributed by atoms with Gasteiger partial charge in [-0.1, -0.05) is 24.3 Å². The second kappa shape index (κ2) is 6.68. The van der Waals surface area contributed by atoms with Crippen LogP contribution >= 0.6 is 12.2 Å². The third-order valence-electron chi connectivity index (χ3n) is 3.36. The third-order valence-corrected chi connectivity index (χ3v) is 3.58. The highest BCUT2D eigenvalue weighted by atomic mass is 32.1. The molecule has 0 saturated heterocycles. The number of rotatable bonds is 3. The van der Waals surface area contributed by atoms with Crippen LogP contribution in [-0.2, 0) is 0 Å². The quantitative estimate of drug-likeness (QED) is 0.817. The Morgan fingerprint density at radius 1 is 1.10 bits per heavy atom. The molecule has 0 aliphatic rings. The van der Waals surface area contributed by atoms with Gasteiger partial charge in [0, 0.05) is 5.69 Å². The lowest BCUT2D eigenvalue weighted by Gasteiger charge is -2.18. The molecule has 0 radical (unpaired) electrons. The summed E-state index contributed by atoms with van der Waals surface area (Å²) in [5.74, 6) is -0.234. The van der Waals surface area contributed by atoms with E-state index >= 15 is 0 Å². The molecular weight excluding hydrogens is 283 g/mol. The van der Waals surface area contributed by atoms with Crippen molar-refractivity contribution in [1.29, 1.82) is 0 Å². The molecule has 1 atom stereocenters. The molecule has 0 aliphatic heterocycles. The zero-order chi connectivity index (χ0) is 15.4. The van der Waals surface area contributed by atoms with Crippen LogP contribution in [0.15, 0.2) is 42.5 Å². The van der Waals surface area contributed by atoms with Crippen molar-refractivity contribution in [1.82, 2.24) is 5.32 Å². The summed E-state index contributed by atoms with van der Waals surface area (Å²) >= 11 is 5.34. The van der Waals surface area contributed by atoms with Gasteiger partial charge in [0.2, 0.25) is 0 Å². The van der Waals surface area contributed by atoms with Crippen molar-refractivity contribution in [2.45, 2.75) is 26.8 Å². The summed E-state index contributed by atoms with van der Waals surface area (Å²) in [5.41, 5.74) is 4.30.